The van der Waals surface area contributed by atoms with Crippen LogP contribution in [0, 0.1) is 0 Å². The van der Waals surface area contributed by atoms with Crippen molar-refractivity contribution in [2.75, 3.05) is 0 Å². The highest BCUT2D eigenvalue weighted by Crippen LogP contribution is 2.41. The Balaban J connectivity index is 1.35. The Morgan fingerprint density at radius 2 is 1.29 bits per heavy atom. The highest BCUT2D eigenvalue weighted by atomic mass is 16.3. The summed E-state index contributed by atoms with van der Waals surface area (Å²) < 4.78 is 6.38. The predicted molar refractivity (Wildman–Crippen MR) is 170 cm³/mol. The molecule has 0 aliphatic heterocycles. The van der Waals surface area contributed by atoms with Gasteiger partial charge in [-0.1, -0.05) is 103 Å². The monoisotopic (exact) mass is 522 g/mol. The van der Waals surface area contributed by atoms with Gasteiger partial charge in [0.15, 0.2) is 0 Å². The minimum atomic E-state index is 0.904. The maximum atomic E-state index is 6.38. The molecule has 9 rings (SSSR count). The largest absolute Gasteiger partial charge is 0.455 e. The van der Waals surface area contributed by atoms with Gasteiger partial charge < -0.3 is 4.42 Å². The van der Waals surface area contributed by atoms with Gasteiger partial charge in [0, 0.05) is 55.0 Å². The molecule has 0 fully saturated rings. The van der Waals surface area contributed by atoms with Crippen molar-refractivity contribution >= 4 is 65.3 Å². The fraction of sp³-hybridized carbons (Fsp3) is 0. The number of para-hydroxylation sites is 3. The Labute approximate surface area is 235 Å². The van der Waals surface area contributed by atoms with Gasteiger partial charge in [0.25, 0.3) is 0 Å². The van der Waals surface area contributed by atoms with Gasteiger partial charge in [-0.15, -0.1) is 0 Å². The molecule has 0 bridgehead atoms. The molecule has 3 heterocycles. The van der Waals surface area contributed by atoms with Gasteiger partial charge in [-0.3, -0.25) is 4.98 Å². The van der Waals surface area contributed by atoms with Crippen molar-refractivity contribution in [1.29, 1.82) is 0 Å². The number of rotatable bonds is 2. The molecule has 0 N–H and O–H groups in total. The summed E-state index contributed by atoms with van der Waals surface area (Å²) in [5, 5.41) is 9.19. The summed E-state index contributed by atoms with van der Waals surface area (Å²) in [7, 11) is 0. The Bertz CT molecular complexity index is 2490. The summed E-state index contributed by atoms with van der Waals surface area (Å²) in [6.07, 6.45) is 1.88. The van der Waals surface area contributed by atoms with Gasteiger partial charge in [0.2, 0.25) is 0 Å². The zero-order valence-corrected chi connectivity index (χ0v) is 22.0. The average Bonchev–Trinajstić information content (AvgIpc) is 3.43. The smallest absolute Gasteiger partial charge is 0.143 e. The van der Waals surface area contributed by atoms with Crippen molar-refractivity contribution in [3.05, 3.63) is 134 Å². The fourth-order valence-corrected chi connectivity index (χ4v) is 6.42. The minimum Gasteiger partial charge on any atom is -0.455 e. The van der Waals surface area contributed by atoms with Gasteiger partial charge in [0.1, 0.15) is 11.2 Å². The van der Waals surface area contributed by atoms with E-state index < -0.39 is 0 Å². The molecule has 41 heavy (non-hydrogen) atoms. The van der Waals surface area contributed by atoms with Crippen LogP contribution in [0.5, 0.6) is 0 Å². The van der Waals surface area contributed by atoms with Crippen LogP contribution in [0.2, 0.25) is 0 Å². The van der Waals surface area contributed by atoms with E-state index in [2.05, 4.69) is 109 Å². The number of benzene rings is 6. The van der Waals surface area contributed by atoms with Crippen LogP contribution >= 0.6 is 0 Å². The quantitative estimate of drug-likeness (QED) is 0.212. The Morgan fingerprint density at radius 3 is 2.27 bits per heavy atom. The van der Waals surface area contributed by atoms with Gasteiger partial charge in [-0.05, 0) is 35.2 Å². The first-order valence-corrected chi connectivity index (χ1v) is 13.8. The first kappa shape index (κ1) is 22.3. The molecule has 3 aromatic heterocycles. The summed E-state index contributed by atoms with van der Waals surface area (Å²) >= 11 is 0. The molecule has 0 saturated carbocycles. The Kier molecular flexibility index (Phi) is 4.61. The van der Waals surface area contributed by atoms with E-state index in [9.17, 15) is 0 Å². The molecule has 190 valence electrons. The lowest BCUT2D eigenvalue weighted by atomic mass is 9.93. The molecule has 0 amide bonds. The lowest BCUT2D eigenvalue weighted by Gasteiger charge is -2.14. The SMILES string of the molecule is c1cc(-c2nc3ccccc3c3c2ccc2ccc4cccnc4c23)cc(-c2cccc3c2oc2ccccc23)c1. The zero-order valence-electron chi connectivity index (χ0n) is 22.0. The van der Waals surface area contributed by atoms with E-state index in [0.29, 0.717) is 0 Å². The third kappa shape index (κ3) is 3.26. The molecule has 0 unspecified atom stereocenters. The fourth-order valence-electron chi connectivity index (χ4n) is 6.42. The normalized spacial score (nSPS) is 11.9. The molecular weight excluding hydrogens is 500 g/mol. The molecule has 9 aromatic rings. The maximum absolute atomic E-state index is 6.38. The van der Waals surface area contributed by atoms with E-state index in [0.717, 1.165) is 71.5 Å². The first-order chi connectivity index (χ1) is 20.3. The van der Waals surface area contributed by atoms with Crippen LogP contribution in [0.25, 0.3) is 87.7 Å². The summed E-state index contributed by atoms with van der Waals surface area (Å²) in [6.45, 7) is 0. The first-order valence-electron chi connectivity index (χ1n) is 13.8. The van der Waals surface area contributed by atoms with E-state index in [-0.39, 0.29) is 0 Å². The summed E-state index contributed by atoms with van der Waals surface area (Å²) in [5.41, 5.74) is 8.01. The third-order valence-corrected chi connectivity index (χ3v) is 8.27. The highest BCUT2D eigenvalue weighted by molar-refractivity contribution is 6.28. The van der Waals surface area contributed by atoms with Crippen molar-refractivity contribution < 1.29 is 4.42 Å². The number of hydrogen-bond acceptors (Lipinski definition) is 3. The van der Waals surface area contributed by atoms with E-state index >= 15 is 0 Å². The zero-order chi connectivity index (χ0) is 26.9. The molecule has 6 aromatic carbocycles. The van der Waals surface area contributed by atoms with Crippen LogP contribution in [0.15, 0.2) is 138 Å². The number of fused-ring (bicyclic) bond motifs is 10. The van der Waals surface area contributed by atoms with Crippen LogP contribution in [-0.2, 0) is 0 Å². The molecule has 0 radical (unpaired) electrons. The standard InChI is InChI=1S/C38H22N2O/c1-3-15-32-30(12-1)35-31(20-19-23-17-18-24-10-7-21-39-37(24)34(23)35)36(40-32)26-9-5-8-25(22-26)27-13-6-14-29-28-11-2-4-16-33(28)41-38(27)29/h1-22H. The predicted octanol–water partition coefficient (Wildman–Crippen LogP) is 10.3. The maximum Gasteiger partial charge on any atom is 0.143 e. The number of furan rings is 1. The van der Waals surface area contributed by atoms with Crippen molar-refractivity contribution in [3.63, 3.8) is 0 Å². The van der Waals surface area contributed by atoms with E-state index in [1.165, 1.54) is 16.2 Å². The summed E-state index contributed by atoms with van der Waals surface area (Å²) in [5.74, 6) is 0. The summed E-state index contributed by atoms with van der Waals surface area (Å²) in [4.78, 5) is 10.1. The Morgan fingerprint density at radius 1 is 0.512 bits per heavy atom. The molecule has 0 saturated heterocycles. The number of aromatic nitrogens is 2. The van der Waals surface area contributed by atoms with E-state index in [1.54, 1.807) is 0 Å². The van der Waals surface area contributed by atoms with Gasteiger partial charge in [-0.25, -0.2) is 4.98 Å². The Hall–Kier alpha value is -5.54. The third-order valence-electron chi connectivity index (χ3n) is 8.27. The second-order valence-electron chi connectivity index (χ2n) is 10.6. The van der Waals surface area contributed by atoms with Gasteiger partial charge in [-0.2, -0.15) is 0 Å². The molecule has 3 heteroatoms. The van der Waals surface area contributed by atoms with Crippen molar-refractivity contribution in [1.82, 2.24) is 9.97 Å². The van der Waals surface area contributed by atoms with Crippen molar-refractivity contribution in [2.24, 2.45) is 0 Å². The van der Waals surface area contributed by atoms with E-state index in [1.807, 2.05) is 24.4 Å². The average molecular weight is 523 g/mol. The molecule has 3 nitrogen and oxygen atoms in total. The highest BCUT2D eigenvalue weighted by Gasteiger charge is 2.17. The summed E-state index contributed by atoms with van der Waals surface area (Å²) in [6, 6.07) is 44.6. The second-order valence-corrected chi connectivity index (χ2v) is 10.6. The van der Waals surface area contributed by atoms with Crippen LogP contribution in [0.3, 0.4) is 0 Å². The topological polar surface area (TPSA) is 38.9 Å². The molecular formula is C38H22N2O. The number of nitrogens with zero attached hydrogens (tertiary/aromatic N) is 2. The van der Waals surface area contributed by atoms with E-state index in [4.69, 9.17) is 14.4 Å². The molecule has 0 aliphatic rings. The molecule has 0 atom stereocenters. The van der Waals surface area contributed by atoms with Crippen molar-refractivity contribution in [3.8, 4) is 22.4 Å². The van der Waals surface area contributed by atoms with Gasteiger partial charge in [0.05, 0.1) is 16.7 Å². The minimum absolute atomic E-state index is 0.904. The lowest BCUT2D eigenvalue weighted by molar-refractivity contribution is 0.670. The second kappa shape index (κ2) is 8.48. The number of pyridine rings is 2. The van der Waals surface area contributed by atoms with Crippen LogP contribution in [0.4, 0.5) is 0 Å². The molecule has 0 spiro atoms. The number of hydrogen-bond donors (Lipinski definition) is 0. The molecule has 0 aliphatic carbocycles. The van der Waals surface area contributed by atoms with Crippen LogP contribution < -0.4 is 0 Å². The van der Waals surface area contributed by atoms with Crippen LogP contribution in [-0.4, -0.2) is 9.97 Å². The van der Waals surface area contributed by atoms with Gasteiger partial charge >= 0.3 is 0 Å². The lowest BCUT2D eigenvalue weighted by Crippen LogP contribution is -1.92. The van der Waals surface area contributed by atoms with Crippen molar-refractivity contribution in [2.45, 2.75) is 0 Å². The van der Waals surface area contributed by atoms with Crippen LogP contribution in [0.1, 0.15) is 0 Å².